The smallest absolute Gasteiger partial charge is 0.267 e. The highest BCUT2D eigenvalue weighted by Gasteiger charge is 2.03. The molecule has 20 heavy (non-hydrogen) atoms. The van der Waals surface area contributed by atoms with Gasteiger partial charge in [0.25, 0.3) is 5.56 Å². The molecule has 2 aromatic rings. The van der Waals surface area contributed by atoms with Crippen molar-refractivity contribution in [2.24, 2.45) is 0 Å². The average Bonchev–Trinajstić information content (AvgIpc) is 2.40. The van der Waals surface area contributed by atoms with Gasteiger partial charge in [-0.25, -0.2) is 9.07 Å². The Morgan fingerprint density at radius 3 is 2.90 bits per heavy atom. The fourth-order valence-electron chi connectivity index (χ4n) is 1.79. The Morgan fingerprint density at radius 2 is 2.15 bits per heavy atom. The summed E-state index contributed by atoms with van der Waals surface area (Å²) in [5.74, 6) is 4.66. The van der Waals surface area contributed by atoms with Crippen LogP contribution in [0.3, 0.4) is 0 Å². The standard InChI is InChI=1S/C15H13FN2O2/c1-11-4-5-15(20)18(17-11)10-13-7-12(3-2-6-19)8-14(16)9-13/h4-5,7-9,19H,6,10H2,1H3. The van der Waals surface area contributed by atoms with Crippen LogP contribution in [0.2, 0.25) is 0 Å². The summed E-state index contributed by atoms with van der Waals surface area (Å²) < 4.78 is 14.8. The van der Waals surface area contributed by atoms with Crippen molar-refractivity contribution in [3.8, 4) is 11.8 Å². The van der Waals surface area contributed by atoms with Gasteiger partial charge in [0.2, 0.25) is 0 Å². The molecule has 0 saturated heterocycles. The molecule has 1 aromatic carbocycles. The van der Waals surface area contributed by atoms with Gasteiger partial charge in [0.15, 0.2) is 0 Å². The molecular weight excluding hydrogens is 259 g/mol. The Labute approximate surface area is 115 Å². The molecule has 0 bridgehead atoms. The second kappa shape index (κ2) is 6.13. The number of halogens is 1. The van der Waals surface area contributed by atoms with Gasteiger partial charge >= 0.3 is 0 Å². The molecule has 1 N–H and O–H groups in total. The summed E-state index contributed by atoms with van der Waals surface area (Å²) in [6, 6.07) is 7.33. The van der Waals surface area contributed by atoms with Gasteiger partial charge < -0.3 is 5.11 Å². The van der Waals surface area contributed by atoms with Gasteiger partial charge in [-0.1, -0.05) is 11.8 Å². The molecule has 0 unspecified atom stereocenters. The predicted molar refractivity (Wildman–Crippen MR) is 72.7 cm³/mol. The lowest BCUT2D eigenvalue weighted by molar-refractivity contribution is 0.350. The second-order valence-electron chi connectivity index (χ2n) is 4.28. The Hall–Kier alpha value is -2.45. The third kappa shape index (κ3) is 3.53. The number of rotatable bonds is 2. The maximum atomic E-state index is 13.5. The van der Waals surface area contributed by atoms with Crippen LogP contribution < -0.4 is 5.56 Å². The number of hydrogen-bond acceptors (Lipinski definition) is 3. The van der Waals surface area contributed by atoms with Crippen LogP contribution in [0.15, 0.2) is 35.1 Å². The second-order valence-corrected chi connectivity index (χ2v) is 4.28. The third-order valence-electron chi connectivity index (χ3n) is 2.60. The van der Waals surface area contributed by atoms with Crippen molar-refractivity contribution in [2.75, 3.05) is 6.61 Å². The van der Waals surface area contributed by atoms with E-state index in [1.165, 1.54) is 22.9 Å². The van der Waals surface area contributed by atoms with Gasteiger partial charge in [-0.2, -0.15) is 5.10 Å². The minimum atomic E-state index is -0.439. The van der Waals surface area contributed by atoms with E-state index in [-0.39, 0.29) is 18.7 Å². The number of aryl methyl sites for hydroxylation is 1. The Kier molecular flexibility index (Phi) is 4.28. The van der Waals surface area contributed by atoms with Crippen LogP contribution in [0.4, 0.5) is 4.39 Å². The predicted octanol–water partition coefficient (Wildman–Crippen LogP) is 1.08. The van der Waals surface area contributed by atoms with E-state index in [0.717, 1.165) is 0 Å². The van der Waals surface area contributed by atoms with Gasteiger partial charge in [-0.3, -0.25) is 4.79 Å². The number of aliphatic hydroxyl groups excluding tert-OH is 1. The van der Waals surface area contributed by atoms with Crippen LogP contribution in [0, 0.1) is 24.6 Å². The molecule has 2 rings (SSSR count). The zero-order valence-electron chi connectivity index (χ0n) is 10.9. The first kappa shape index (κ1) is 14.0. The molecule has 1 aromatic heterocycles. The van der Waals surface area contributed by atoms with Gasteiger partial charge in [0.05, 0.1) is 12.2 Å². The van der Waals surface area contributed by atoms with Crippen LogP contribution >= 0.6 is 0 Å². The van der Waals surface area contributed by atoms with Crippen molar-refractivity contribution in [3.05, 3.63) is 63.3 Å². The van der Waals surface area contributed by atoms with E-state index in [4.69, 9.17) is 5.11 Å². The molecule has 0 atom stereocenters. The molecule has 0 aliphatic carbocycles. The van der Waals surface area contributed by atoms with E-state index in [9.17, 15) is 9.18 Å². The highest BCUT2D eigenvalue weighted by Crippen LogP contribution is 2.09. The van der Waals surface area contributed by atoms with Crippen molar-refractivity contribution in [1.29, 1.82) is 0 Å². The molecule has 0 aliphatic heterocycles. The van der Waals surface area contributed by atoms with Gasteiger partial charge in [0.1, 0.15) is 12.4 Å². The van der Waals surface area contributed by atoms with Crippen LogP contribution in [-0.2, 0) is 6.54 Å². The van der Waals surface area contributed by atoms with Gasteiger partial charge in [-0.05, 0) is 36.8 Å². The zero-order chi connectivity index (χ0) is 14.5. The van der Waals surface area contributed by atoms with Crippen molar-refractivity contribution in [3.63, 3.8) is 0 Å². The summed E-state index contributed by atoms with van der Waals surface area (Å²) in [4.78, 5) is 11.7. The number of hydrogen-bond donors (Lipinski definition) is 1. The number of aliphatic hydroxyl groups is 1. The SMILES string of the molecule is Cc1ccc(=O)n(Cc2cc(F)cc(C#CCO)c2)n1. The molecular formula is C15H13FN2O2. The van der Waals surface area contributed by atoms with Gasteiger partial charge in [0, 0.05) is 11.6 Å². The average molecular weight is 272 g/mol. The lowest BCUT2D eigenvalue weighted by atomic mass is 10.1. The summed E-state index contributed by atoms with van der Waals surface area (Å²) in [5, 5.41) is 12.7. The highest BCUT2D eigenvalue weighted by atomic mass is 19.1. The summed E-state index contributed by atoms with van der Waals surface area (Å²) in [6.07, 6.45) is 0. The molecule has 0 radical (unpaired) electrons. The fraction of sp³-hybridized carbons (Fsp3) is 0.200. The molecule has 0 saturated carbocycles. The van der Waals surface area contributed by atoms with Crippen molar-refractivity contribution >= 4 is 0 Å². The van der Waals surface area contributed by atoms with E-state index >= 15 is 0 Å². The third-order valence-corrected chi connectivity index (χ3v) is 2.60. The summed E-state index contributed by atoms with van der Waals surface area (Å²) in [7, 11) is 0. The monoisotopic (exact) mass is 272 g/mol. The highest BCUT2D eigenvalue weighted by molar-refractivity contribution is 5.37. The minimum Gasteiger partial charge on any atom is -0.384 e. The number of aromatic nitrogens is 2. The lowest BCUT2D eigenvalue weighted by Gasteiger charge is -2.06. The van der Waals surface area contributed by atoms with E-state index in [2.05, 4.69) is 16.9 Å². The Morgan fingerprint density at radius 1 is 1.35 bits per heavy atom. The summed E-state index contributed by atoms with van der Waals surface area (Å²) in [5.41, 5.74) is 1.51. The molecule has 1 heterocycles. The minimum absolute atomic E-state index is 0.173. The van der Waals surface area contributed by atoms with Gasteiger partial charge in [-0.15, -0.1) is 0 Å². The Bertz CT molecular complexity index is 742. The zero-order valence-corrected chi connectivity index (χ0v) is 10.9. The molecule has 0 amide bonds. The Balaban J connectivity index is 2.36. The number of benzene rings is 1. The molecule has 0 aliphatic rings. The lowest BCUT2D eigenvalue weighted by Crippen LogP contribution is -2.23. The molecule has 102 valence electrons. The van der Waals surface area contributed by atoms with Crippen molar-refractivity contribution in [2.45, 2.75) is 13.5 Å². The molecule has 0 spiro atoms. The summed E-state index contributed by atoms with van der Waals surface area (Å²) >= 11 is 0. The van der Waals surface area contributed by atoms with E-state index in [1.54, 1.807) is 19.1 Å². The maximum absolute atomic E-state index is 13.5. The number of nitrogens with zero attached hydrogens (tertiary/aromatic N) is 2. The molecule has 0 fully saturated rings. The first-order chi connectivity index (χ1) is 9.58. The van der Waals surface area contributed by atoms with Crippen molar-refractivity contribution in [1.82, 2.24) is 9.78 Å². The van der Waals surface area contributed by atoms with Crippen LogP contribution in [0.5, 0.6) is 0 Å². The van der Waals surface area contributed by atoms with Crippen LogP contribution in [-0.4, -0.2) is 21.5 Å². The fourth-order valence-corrected chi connectivity index (χ4v) is 1.79. The molecule has 4 nitrogen and oxygen atoms in total. The topological polar surface area (TPSA) is 55.1 Å². The first-order valence-electron chi connectivity index (χ1n) is 6.02. The van der Waals surface area contributed by atoms with Crippen LogP contribution in [0.1, 0.15) is 16.8 Å². The summed E-state index contributed by atoms with van der Waals surface area (Å²) in [6.45, 7) is 1.66. The van der Waals surface area contributed by atoms with E-state index < -0.39 is 5.82 Å². The maximum Gasteiger partial charge on any atom is 0.267 e. The van der Waals surface area contributed by atoms with E-state index in [1.807, 2.05) is 0 Å². The quantitative estimate of drug-likeness (QED) is 0.832. The van der Waals surface area contributed by atoms with Crippen molar-refractivity contribution < 1.29 is 9.50 Å². The first-order valence-corrected chi connectivity index (χ1v) is 6.02. The largest absolute Gasteiger partial charge is 0.384 e. The molecule has 5 heteroatoms. The van der Waals surface area contributed by atoms with E-state index in [0.29, 0.717) is 16.8 Å². The normalized spacial score (nSPS) is 9.95. The van der Waals surface area contributed by atoms with Crippen LogP contribution in [0.25, 0.3) is 0 Å².